The second-order valence-corrected chi connectivity index (χ2v) is 4.10. The average molecular weight is 164 g/mol. The van der Waals surface area contributed by atoms with Gasteiger partial charge in [0.05, 0.1) is 0 Å². The fourth-order valence-electron chi connectivity index (χ4n) is 1.35. The lowest BCUT2D eigenvalue weighted by Gasteiger charge is -2.09. The van der Waals surface area contributed by atoms with Crippen LogP contribution >= 0.6 is 0 Å². The molecule has 0 saturated heterocycles. The van der Waals surface area contributed by atoms with Gasteiger partial charge in [0.2, 0.25) is 0 Å². The maximum Gasteiger partial charge on any atom is 0.0225 e. The molecular formula is C10H16N2. The molecule has 0 unspecified atom stereocenters. The molecule has 1 aromatic heterocycles. The molecule has 0 atom stereocenters. The molecule has 1 saturated carbocycles. The second-order valence-electron chi connectivity index (χ2n) is 4.10. The minimum atomic E-state index is 0.454. The first-order valence-corrected chi connectivity index (χ1v) is 4.54. The Morgan fingerprint density at radius 1 is 1.58 bits per heavy atom. The normalized spacial score (nSPS) is 19.5. The van der Waals surface area contributed by atoms with Crippen LogP contribution in [0.1, 0.15) is 25.3 Å². The van der Waals surface area contributed by atoms with E-state index in [1.165, 1.54) is 18.4 Å². The van der Waals surface area contributed by atoms with Crippen LogP contribution in [0.25, 0.3) is 0 Å². The number of nitrogens with one attached hydrogen (secondary N) is 1. The molecule has 12 heavy (non-hydrogen) atoms. The van der Waals surface area contributed by atoms with Crippen LogP contribution in [0, 0.1) is 0 Å². The number of rotatable bonds is 3. The molecule has 0 spiro atoms. The van der Waals surface area contributed by atoms with E-state index in [1.54, 1.807) is 0 Å². The van der Waals surface area contributed by atoms with Crippen molar-refractivity contribution in [3.05, 3.63) is 24.0 Å². The lowest BCUT2D eigenvalue weighted by Crippen LogP contribution is -2.26. The van der Waals surface area contributed by atoms with E-state index < -0.39 is 0 Å². The van der Waals surface area contributed by atoms with E-state index in [-0.39, 0.29) is 0 Å². The van der Waals surface area contributed by atoms with E-state index in [4.69, 9.17) is 0 Å². The van der Waals surface area contributed by atoms with Crippen LogP contribution in [0.5, 0.6) is 0 Å². The summed E-state index contributed by atoms with van der Waals surface area (Å²) < 4.78 is 2.09. The first-order valence-electron chi connectivity index (χ1n) is 4.54. The highest BCUT2D eigenvalue weighted by Gasteiger charge is 2.36. The van der Waals surface area contributed by atoms with E-state index in [0.717, 1.165) is 6.54 Å². The van der Waals surface area contributed by atoms with Crippen molar-refractivity contribution in [1.82, 2.24) is 9.88 Å². The fraction of sp³-hybridized carbons (Fsp3) is 0.600. The molecule has 2 nitrogen and oxygen atoms in total. The summed E-state index contributed by atoms with van der Waals surface area (Å²) in [7, 11) is 2.06. The minimum absolute atomic E-state index is 0.454. The topological polar surface area (TPSA) is 17.0 Å². The monoisotopic (exact) mass is 164 g/mol. The Morgan fingerprint density at radius 2 is 2.33 bits per heavy atom. The van der Waals surface area contributed by atoms with E-state index in [9.17, 15) is 0 Å². The number of hydrogen-bond acceptors (Lipinski definition) is 1. The molecule has 1 heterocycles. The van der Waals surface area contributed by atoms with Crippen molar-refractivity contribution in [2.45, 2.75) is 31.8 Å². The Kier molecular flexibility index (Phi) is 1.72. The van der Waals surface area contributed by atoms with Crippen LogP contribution in [0.2, 0.25) is 0 Å². The quantitative estimate of drug-likeness (QED) is 0.719. The van der Waals surface area contributed by atoms with Crippen LogP contribution < -0.4 is 5.32 Å². The zero-order valence-electron chi connectivity index (χ0n) is 7.80. The van der Waals surface area contributed by atoms with Gasteiger partial charge in [0.25, 0.3) is 0 Å². The van der Waals surface area contributed by atoms with Crippen LogP contribution in [-0.4, -0.2) is 10.1 Å². The maximum absolute atomic E-state index is 3.55. The van der Waals surface area contributed by atoms with Gasteiger partial charge in [0.15, 0.2) is 0 Å². The summed E-state index contributed by atoms with van der Waals surface area (Å²) in [6.07, 6.45) is 6.92. The molecule has 1 aliphatic rings. The van der Waals surface area contributed by atoms with Crippen LogP contribution in [0.4, 0.5) is 0 Å². The summed E-state index contributed by atoms with van der Waals surface area (Å²) in [5.74, 6) is 0. The Morgan fingerprint density at radius 3 is 2.83 bits per heavy atom. The molecule has 0 amide bonds. The molecule has 0 aromatic carbocycles. The minimum Gasteiger partial charge on any atom is -0.357 e. The van der Waals surface area contributed by atoms with Gasteiger partial charge in [0.1, 0.15) is 0 Å². The van der Waals surface area contributed by atoms with Crippen LogP contribution in [0.15, 0.2) is 18.5 Å². The molecule has 1 aliphatic carbocycles. The largest absolute Gasteiger partial charge is 0.357 e. The highest BCUT2D eigenvalue weighted by Crippen LogP contribution is 2.34. The van der Waals surface area contributed by atoms with Gasteiger partial charge in [-0.2, -0.15) is 0 Å². The zero-order chi connectivity index (χ0) is 8.60. The van der Waals surface area contributed by atoms with E-state index >= 15 is 0 Å². The molecule has 1 fully saturated rings. The van der Waals surface area contributed by atoms with Crippen molar-refractivity contribution in [1.29, 1.82) is 0 Å². The van der Waals surface area contributed by atoms with Crippen molar-refractivity contribution in [2.24, 2.45) is 7.05 Å². The summed E-state index contributed by atoms with van der Waals surface area (Å²) in [4.78, 5) is 0. The summed E-state index contributed by atoms with van der Waals surface area (Å²) in [5.41, 5.74) is 1.83. The van der Waals surface area contributed by atoms with Gasteiger partial charge >= 0.3 is 0 Å². The van der Waals surface area contributed by atoms with E-state index in [1.807, 2.05) is 0 Å². The number of aryl methyl sites for hydroxylation is 1. The molecule has 0 bridgehead atoms. The van der Waals surface area contributed by atoms with Crippen molar-refractivity contribution in [2.75, 3.05) is 0 Å². The van der Waals surface area contributed by atoms with Gasteiger partial charge in [-0.05, 0) is 31.4 Å². The van der Waals surface area contributed by atoms with Gasteiger partial charge < -0.3 is 9.88 Å². The molecule has 2 heteroatoms. The third-order valence-electron chi connectivity index (χ3n) is 2.61. The van der Waals surface area contributed by atoms with E-state index in [2.05, 4.69) is 42.3 Å². The lowest BCUT2D eigenvalue weighted by molar-refractivity contribution is 0.537. The zero-order valence-corrected chi connectivity index (χ0v) is 7.80. The van der Waals surface area contributed by atoms with Gasteiger partial charge in [-0.25, -0.2) is 0 Å². The predicted octanol–water partition coefficient (Wildman–Crippen LogP) is 1.67. The number of aromatic nitrogens is 1. The molecule has 2 rings (SSSR count). The van der Waals surface area contributed by atoms with E-state index in [0.29, 0.717) is 5.54 Å². The third kappa shape index (κ3) is 1.69. The molecule has 1 aromatic rings. The number of hydrogen-bond donors (Lipinski definition) is 1. The summed E-state index contributed by atoms with van der Waals surface area (Å²) >= 11 is 0. The summed E-state index contributed by atoms with van der Waals surface area (Å²) in [6, 6.07) is 2.17. The molecule has 0 radical (unpaired) electrons. The fourth-order valence-corrected chi connectivity index (χ4v) is 1.35. The maximum atomic E-state index is 3.55. The van der Waals surface area contributed by atoms with Gasteiger partial charge in [-0.3, -0.25) is 0 Å². The Labute approximate surface area is 73.6 Å². The Balaban J connectivity index is 1.87. The van der Waals surface area contributed by atoms with Gasteiger partial charge in [-0.15, -0.1) is 0 Å². The van der Waals surface area contributed by atoms with Crippen molar-refractivity contribution in [3.63, 3.8) is 0 Å². The second kappa shape index (κ2) is 2.63. The smallest absolute Gasteiger partial charge is 0.0225 e. The van der Waals surface area contributed by atoms with Crippen molar-refractivity contribution in [3.8, 4) is 0 Å². The molecule has 0 aliphatic heterocycles. The molecular weight excluding hydrogens is 148 g/mol. The summed E-state index contributed by atoms with van der Waals surface area (Å²) in [6.45, 7) is 3.30. The van der Waals surface area contributed by atoms with Crippen LogP contribution in [-0.2, 0) is 13.6 Å². The highest BCUT2D eigenvalue weighted by atomic mass is 15.0. The van der Waals surface area contributed by atoms with Crippen LogP contribution in [0.3, 0.4) is 0 Å². The summed E-state index contributed by atoms with van der Waals surface area (Å²) in [5, 5.41) is 3.55. The predicted molar refractivity (Wildman–Crippen MR) is 49.9 cm³/mol. The first kappa shape index (κ1) is 7.87. The standard InChI is InChI=1S/C10H16N2/c1-10(4-5-10)11-7-9-3-6-12(2)8-9/h3,6,8,11H,4-5,7H2,1-2H3. The highest BCUT2D eigenvalue weighted by molar-refractivity contribution is 5.11. The van der Waals surface area contributed by atoms with Gasteiger partial charge in [-0.1, -0.05) is 0 Å². The molecule has 66 valence electrons. The van der Waals surface area contributed by atoms with Crippen molar-refractivity contribution < 1.29 is 0 Å². The Hall–Kier alpha value is -0.760. The first-order chi connectivity index (χ1) is 5.68. The lowest BCUT2D eigenvalue weighted by atomic mass is 10.3. The number of nitrogens with zero attached hydrogens (tertiary/aromatic N) is 1. The Bertz CT molecular complexity index is 271. The average Bonchev–Trinajstić information content (AvgIpc) is 2.60. The molecule has 1 N–H and O–H groups in total. The van der Waals surface area contributed by atoms with Crippen molar-refractivity contribution >= 4 is 0 Å². The third-order valence-corrected chi connectivity index (χ3v) is 2.61. The van der Waals surface area contributed by atoms with Gasteiger partial charge in [0, 0.05) is 31.5 Å². The SMILES string of the molecule is Cn1ccc(CNC2(C)CC2)c1.